The molecule has 1 aromatic heterocycles. The molecule has 1 aromatic carbocycles. The molecule has 1 heterocycles. The Balaban J connectivity index is 2.15. The fourth-order valence-electron chi connectivity index (χ4n) is 1.44. The summed E-state index contributed by atoms with van der Waals surface area (Å²) >= 11 is 0. The van der Waals surface area contributed by atoms with Gasteiger partial charge in [0.05, 0.1) is 5.69 Å². The number of aromatic amines is 1. The van der Waals surface area contributed by atoms with E-state index in [2.05, 4.69) is 10.2 Å². The molecular weight excluding hydrogens is 188 g/mol. The van der Waals surface area contributed by atoms with E-state index in [-0.39, 0.29) is 5.78 Å². The van der Waals surface area contributed by atoms with Crippen molar-refractivity contribution in [1.29, 1.82) is 0 Å². The molecule has 0 spiro atoms. The van der Waals surface area contributed by atoms with Crippen molar-refractivity contribution >= 4 is 5.78 Å². The number of benzene rings is 1. The van der Waals surface area contributed by atoms with E-state index in [9.17, 15) is 4.79 Å². The average molecular weight is 200 g/mol. The number of carbonyl (C=O) groups excluding carboxylic acids is 1. The summed E-state index contributed by atoms with van der Waals surface area (Å²) in [6, 6.07) is 11.9. The molecule has 2 aromatic rings. The van der Waals surface area contributed by atoms with Crippen LogP contribution in [-0.4, -0.2) is 16.0 Å². The predicted molar refractivity (Wildman–Crippen MR) is 57.8 cm³/mol. The number of carbonyl (C=O) groups is 1. The van der Waals surface area contributed by atoms with Gasteiger partial charge in [0.25, 0.3) is 0 Å². The molecule has 0 radical (unpaired) electrons. The standard InChI is InChI=1S/C12H12N2O/c1-9(15)12-8-11(13-14-12)7-10-5-3-2-4-6-10/h2-6,8H,7H2,1H3,(H,13,14). The Morgan fingerprint density at radius 3 is 2.67 bits per heavy atom. The molecule has 76 valence electrons. The zero-order chi connectivity index (χ0) is 10.7. The zero-order valence-electron chi connectivity index (χ0n) is 8.53. The molecule has 15 heavy (non-hydrogen) atoms. The van der Waals surface area contributed by atoms with Gasteiger partial charge in [-0.15, -0.1) is 0 Å². The molecule has 3 heteroatoms. The maximum atomic E-state index is 11.0. The lowest BCUT2D eigenvalue weighted by atomic mass is 10.1. The van der Waals surface area contributed by atoms with Gasteiger partial charge in [0.1, 0.15) is 5.69 Å². The van der Waals surface area contributed by atoms with Gasteiger partial charge >= 0.3 is 0 Å². The van der Waals surface area contributed by atoms with Crippen molar-refractivity contribution in [2.24, 2.45) is 0 Å². The number of hydrogen-bond donors (Lipinski definition) is 1. The Hall–Kier alpha value is -1.90. The van der Waals surface area contributed by atoms with E-state index in [1.807, 2.05) is 30.3 Å². The van der Waals surface area contributed by atoms with Crippen LogP contribution in [0, 0.1) is 0 Å². The fraction of sp³-hybridized carbons (Fsp3) is 0.167. The van der Waals surface area contributed by atoms with Crippen molar-refractivity contribution in [3.8, 4) is 0 Å². The first-order chi connectivity index (χ1) is 7.25. The van der Waals surface area contributed by atoms with E-state index in [0.717, 1.165) is 12.1 Å². The van der Waals surface area contributed by atoms with Gasteiger partial charge in [0.15, 0.2) is 5.78 Å². The molecule has 0 aliphatic heterocycles. The van der Waals surface area contributed by atoms with Gasteiger partial charge in [0, 0.05) is 13.3 Å². The summed E-state index contributed by atoms with van der Waals surface area (Å²) in [5.41, 5.74) is 2.66. The van der Waals surface area contributed by atoms with Gasteiger partial charge in [-0.3, -0.25) is 9.89 Å². The predicted octanol–water partition coefficient (Wildman–Crippen LogP) is 2.20. The van der Waals surface area contributed by atoms with Crippen LogP contribution in [0.2, 0.25) is 0 Å². The second-order valence-corrected chi connectivity index (χ2v) is 3.49. The second kappa shape index (κ2) is 4.09. The molecule has 0 aliphatic rings. The third-order valence-electron chi connectivity index (χ3n) is 2.24. The maximum absolute atomic E-state index is 11.0. The van der Waals surface area contributed by atoms with Crippen molar-refractivity contribution in [3.63, 3.8) is 0 Å². The molecule has 0 bridgehead atoms. The molecule has 3 nitrogen and oxygen atoms in total. The third-order valence-corrected chi connectivity index (χ3v) is 2.24. The quantitative estimate of drug-likeness (QED) is 0.772. The minimum Gasteiger partial charge on any atom is -0.293 e. The number of rotatable bonds is 3. The number of hydrogen-bond acceptors (Lipinski definition) is 2. The van der Waals surface area contributed by atoms with Gasteiger partial charge in [-0.25, -0.2) is 0 Å². The van der Waals surface area contributed by atoms with Gasteiger partial charge in [-0.1, -0.05) is 30.3 Å². The highest BCUT2D eigenvalue weighted by Crippen LogP contribution is 2.08. The minimum atomic E-state index is 0.0156. The van der Waals surface area contributed by atoms with Crippen molar-refractivity contribution in [1.82, 2.24) is 10.2 Å². The van der Waals surface area contributed by atoms with E-state index in [1.54, 1.807) is 6.07 Å². The first kappa shape index (κ1) is 9.65. The smallest absolute Gasteiger partial charge is 0.177 e. The summed E-state index contributed by atoms with van der Waals surface area (Å²) in [4.78, 5) is 11.0. The lowest BCUT2D eigenvalue weighted by molar-refractivity contribution is 0.101. The Morgan fingerprint density at radius 2 is 2.07 bits per heavy atom. The van der Waals surface area contributed by atoms with Crippen LogP contribution in [0.3, 0.4) is 0 Å². The van der Waals surface area contributed by atoms with Crippen LogP contribution in [0.15, 0.2) is 36.4 Å². The van der Waals surface area contributed by atoms with Crippen LogP contribution in [0.25, 0.3) is 0 Å². The lowest BCUT2D eigenvalue weighted by Crippen LogP contribution is -1.90. The highest BCUT2D eigenvalue weighted by Gasteiger charge is 2.05. The molecule has 0 amide bonds. The molecule has 0 atom stereocenters. The van der Waals surface area contributed by atoms with Crippen LogP contribution < -0.4 is 0 Å². The zero-order valence-corrected chi connectivity index (χ0v) is 8.53. The van der Waals surface area contributed by atoms with E-state index < -0.39 is 0 Å². The summed E-state index contributed by atoms with van der Waals surface area (Å²) in [5.74, 6) is 0.0156. The van der Waals surface area contributed by atoms with E-state index in [0.29, 0.717) is 5.69 Å². The van der Waals surface area contributed by atoms with Gasteiger partial charge < -0.3 is 0 Å². The van der Waals surface area contributed by atoms with Gasteiger partial charge in [-0.2, -0.15) is 5.10 Å². The van der Waals surface area contributed by atoms with Gasteiger partial charge in [0.2, 0.25) is 0 Å². The molecule has 0 fully saturated rings. The molecule has 0 saturated carbocycles. The van der Waals surface area contributed by atoms with Crippen molar-refractivity contribution < 1.29 is 4.79 Å². The first-order valence-electron chi connectivity index (χ1n) is 4.85. The molecule has 1 N–H and O–H groups in total. The number of H-pyrrole nitrogens is 1. The summed E-state index contributed by atoms with van der Waals surface area (Å²) < 4.78 is 0. The van der Waals surface area contributed by atoms with Crippen molar-refractivity contribution in [2.45, 2.75) is 13.3 Å². The Morgan fingerprint density at radius 1 is 1.33 bits per heavy atom. The Kier molecular flexibility index (Phi) is 2.63. The van der Waals surface area contributed by atoms with E-state index >= 15 is 0 Å². The summed E-state index contributed by atoms with van der Waals surface area (Å²) in [6.45, 7) is 1.53. The molecule has 2 rings (SSSR count). The van der Waals surface area contributed by atoms with Crippen LogP contribution in [0.4, 0.5) is 0 Å². The summed E-state index contributed by atoms with van der Waals surface area (Å²) in [5, 5.41) is 6.81. The number of ketones is 1. The van der Waals surface area contributed by atoms with E-state index in [1.165, 1.54) is 12.5 Å². The van der Waals surface area contributed by atoms with Gasteiger partial charge in [-0.05, 0) is 11.6 Å². The summed E-state index contributed by atoms with van der Waals surface area (Å²) in [7, 11) is 0. The molecule has 0 unspecified atom stereocenters. The highest BCUT2D eigenvalue weighted by molar-refractivity contribution is 5.92. The van der Waals surface area contributed by atoms with Crippen LogP contribution in [0.1, 0.15) is 28.7 Å². The van der Waals surface area contributed by atoms with E-state index in [4.69, 9.17) is 0 Å². The maximum Gasteiger partial charge on any atom is 0.177 e. The molecule has 0 saturated heterocycles. The second-order valence-electron chi connectivity index (χ2n) is 3.49. The molecular formula is C12H12N2O. The summed E-state index contributed by atoms with van der Waals surface area (Å²) in [6.07, 6.45) is 0.755. The number of Topliss-reactive ketones (excluding diaryl/α,β-unsaturated/α-hetero) is 1. The fourth-order valence-corrected chi connectivity index (χ4v) is 1.44. The topological polar surface area (TPSA) is 45.8 Å². The monoisotopic (exact) mass is 200 g/mol. The third kappa shape index (κ3) is 2.31. The van der Waals surface area contributed by atoms with Crippen LogP contribution >= 0.6 is 0 Å². The normalized spacial score (nSPS) is 10.2. The van der Waals surface area contributed by atoms with Crippen molar-refractivity contribution in [3.05, 3.63) is 53.3 Å². The van der Waals surface area contributed by atoms with Crippen LogP contribution in [-0.2, 0) is 6.42 Å². The van der Waals surface area contributed by atoms with Crippen LogP contribution in [0.5, 0.6) is 0 Å². The number of nitrogens with zero attached hydrogens (tertiary/aromatic N) is 1. The highest BCUT2D eigenvalue weighted by atomic mass is 16.1. The largest absolute Gasteiger partial charge is 0.293 e. The number of aromatic nitrogens is 2. The SMILES string of the molecule is CC(=O)c1cc(Cc2ccccc2)n[nH]1. The first-order valence-corrected chi connectivity index (χ1v) is 4.85. The average Bonchev–Trinajstić information content (AvgIpc) is 2.68. The minimum absolute atomic E-state index is 0.0156. The molecule has 0 aliphatic carbocycles. The Bertz CT molecular complexity index is 459. The van der Waals surface area contributed by atoms with Crippen molar-refractivity contribution in [2.75, 3.05) is 0 Å². The number of nitrogens with one attached hydrogen (secondary N) is 1. The Labute approximate surface area is 88.1 Å². The lowest BCUT2D eigenvalue weighted by Gasteiger charge is -1.95.